The Labute approximate surface area is 138 Å². The first kappa shape index (κ1) is 17.0. The Morgan fingerprint density at radius 1 is 1.38 bits per heavy atom. The maximum absolute atomic E-state index is 6.24. The number of hydrogen-bond donors (Lipinski definition) is 1. The monoisotopic (exact) mass is 326 g/mol. The van der Waals surface area contributed by atoms with Crippen LogP contribution in [-0.2, 0) is 6.42 Å². The highest BCUT2D eigenvalue weighted by Crippen LogP contribution is 2.34. The fraction of sp³-hybridized carbons (Fsp3) is 0.647. The molecular formula is C17H27ClN2S. The van der Waals surface area contributed by atoms with Crippen molar-refractivity contribution < 1.29 is 0 Å². The van der Waals surface area contributed by atoms with Gasteiger partial charge in [-0.2, -0.15) is 11.8 Å². The molecule has 1 saturated heterocycles. The van der Waals surface area contributed by atoms with E-state index in [1.54, 1.807) is 0 Å². The summed E-state index contributed by atoms with van der Waals surface area (Å²) in [4.78, 5) is 2.49. The van der Waals surface area contributed by atoms with Gasteiger partial charge in [-0.25, -0.2) is 0 Å². The van der Waals surface area contributed by atoms with Crippen LogP contribution in [0.4, 0.5) is 5.69 Å². The number of anilines is 1. The zero-order chi connectivity index (χ0) is 15.5. The molecule has 1 unspecified atom stereocenters. The summed E-state index contributed by atoms with van der Waals surface area (Å²) in [7, 11) is 0. The van der Waals surface area contributed by atoms with Crippen LogP contribution in [-0.4, -0.2) is 29.6 Å². The Morgan fingerprint density at radius 2 is 2.14 bits per heavy atom. The molecule has 0 bridgehead atoms. The van der Waals surface area contributed by atoms with E-state index in [0.717, 1.165) is 31.0 Å². The predicted octanol–water partition coefficient (Wildman–Crippen LogP) is 4.34. The topological polar surface area (TPSA) is 29.3 Å². The van der Waals surface area contributed by atoms with Crippen LogP contribution in [0.3, 0.4) is 0 Å². The van der Waals surface area contributed by atoms with E-state index in [1.807, 2.05) is 6.07 Å². The molecule has 0 saturated carbocycles. The van der Waals surface area contributed by atoms with E-state index in [2.05, 4.69) is 49.6 Å². The predicted molar refractivity (Wildman–Crippen MR) is 96.8 cm³/mol. The van der Waals surface area contributed by atoms with Crippen molar-refractivity contribution in [2.45, 2.75) is 50.8 Å². The Hall–Kier alpha value is -0.380. The molecule has 1 aromatic rings. The normalized spacial score (nSPS) is 20.1. The zero-order valence-corrected chi connectivity index (χ0v) is 14.9. The maximum atomic E-state index is 6.24. The van der Waals surface area contributed by atoms with E-state index in [9.17, 15) is 0 Å². The van der Waals surface area contributed by atoms with Crippen molar-refractivity contribution in [2.24, 2.45) is 5.73 Å². The SMILES string of the molecule is CCC(N)Cc1ccc(Cl)cc1N1CCSC(C)(C)CC1. The zero-order valence-electron chi connectivity index (χ0n) is 13.4. The van der Waals surface area contributed by atoms with Crippen LogP contribution in [0.5, 0.6) is 0 Å². The average molecular weight is 327 g/mol. The van der Waals surface area contributed by atoms with Gasteiger partial charge in [0.15, 0.2) is 0 Å². The molecule has 2 rings (SSSR count). The Kier molecular flexibility index (Phi) is 5.87. The van der Waals surface area contributed by atoms with Crippen molar-refractivity contribution in [1.29, 1.82) is 0 Å². The van der Waals surface area contributed by atoms with Gasteiger partial charge in [0.05, 0.1) is 0 Å². The number of thioether (sulfide) groups is 1. The number of rotatable bonds is 4. The maximum Gasteiger partial charge on any atom is 0.0426 e. The van der Waals surface area contributed by atoms with E-state index in [1.165, 1.54) is 23.4 Å². The van der Waals surface area contributed by atoms with E-state index in [-0.39, 0.29) is 6.04 Å². The summed E-state index contributed by atoms with van der Waals surface area (Å²) in [6.07, 6.45) is 3.13. The molecule has 1 fully saturated rings. The summed E-state index contributed by atoms with van der Waals surface area (Å²) in [5.41, 5.74) is 8.77. The first-order chi connectivity index (χ1) is 9.91. The fourth-order valence-corrected chi connectivity index (χ4v) is 3.96. The van der Waals surface area contributed by atoms with Crippen LogP contribution >= 0.6 is 23.4 Å². The highest BCUT2D eigenvalue weighted by Gasteiger charge is 2.25. The van der Waals surface area contributed by atoms with Gasteiger partial charge in [-0.15, -0.1) is 0 Å². The number of nitrogens with zero attached hydrogens (tertiary/aromatic N) is 1. The van der Waals surface area contributed by atoms with Crippen molar-refractivity contribution in [3.63, 3.8) is 0 Å². The van der Waals surface area contributed by atoms with Gasteiger partial charge in [0.2, 0.25) is 0 Å². The van der Waals surface area contributed by atoms with Crippen LogP contribution in [0, 0.1) is 0 Å². The molecule has 2 N–H and O–H groups in total. The molecule has 0 radical (unpaired) electrons. The second-order valence-electron chi connectivity index (χ2n) is 6.49. The number of halogens is 1. The smallest absolute Gasteiger partial charge is 0.0426 e. The van der Waals surface area contributed by atoms with E-state index >= 15 is 0 Å². The molecule has 1 aromatic carbocycles. The van der Waals surface area contributed by atoms with Crippen LogP contribution in [0.2, 0.25) is 5.02 Å². The summed E-state index contributed by atoms with van der Waals surface area (Å²) >= 11 is 8.31. The van der Waals surface area contributed by atoms with E-state index in [0.29, 0.717) is 4.75 Å². The lowest BCUT2D eigenvalue weighted by molar-refractivity contribution is 0.628. The molecule has 118 valence electrons. The third kappa shape index (κ3) is 4.80. The summed E-state index contributed by atoms with van der Waals surface area (Å²) in [6.45, 7) is 9.00. The molecule has 1 aliphatic rings. The Morgan fingerprint density at radius 3 is 2.86 bits per heavy atom. The third-order valence-corrected chi connectivity index (χ3v) is 5.84. The van der Waals surface area contributed by atoms with Crippen molar-refractivity contribution in [3.8, 4) is 0 Å². The summed E-state index contributed by atoms with van der Waals surface area (Å²) in [6, 6.07) is 6.47. The minimum Gasteiger partial charge on any atom is -0.370 e. The first-order valence-electron chi connectivity index (χ1n) is 7.84. The summed E-state index contributed by atoms with van der Waals surface area (Å²) in [5.74, 6) is 1.17. The van der Waals surface area contributed by atoms with E-state index in [4.69, 9.17) is 17.3 Å². The van der Waals surface area contributed by atoms with Gasteiger partial charge in [0.25, 0.3) is 0 Å². The van der Waals surface area contributed by atoms with Crippen molar-refractivity contribution in [1.82, 2.24) is 0 Å². The Bertz CT molecular complexity index is 476. The molecule has 1 atom stereocenters. The molecule has 0 aliphatic carbocycles. The van der Waals surface area contributed by atoms with Gasteiger partial charge in [-0.05, 0) is 37.0 Å². The minimum absolute atomic E-state index is 0.225. The fourth-order valence-electron chi connectivity index (χ4n) is 2.69. The summed E-state index contributed by atoms with van der Waals surface area (Å²) < 4.78 is 0.368. The largest absolute Gasteiger partial charge is 0.370 e. The minimum atomic E-state index is 0.225. The average Bonchev–Trinajstić information content (AvgIpc) is 2.61. The van der Waals surface area contributed by atoms with Gasteiger partial charge in [0.1, 0.15) is 0 Å². The van der Waals surface area contributed by atoms with Crippen LogP contribution in [0.25, 0.3) is 0 Å². The Balaban J connectivity index is 2.22. The lowest BCUT2D eigenvalue weighted by Gasteiger charge is -2.27. The lowest BCUT2D eigenvalue weighted by atomic mass is 10.0. The van der Waals surface area contributed by atoms with Crippen LogP contribution in [0.15, 0.2) is 18.2 Å². The van der Waals surface area contributed by atoms with E-state index < -0.39 is 0 Å². The van der Waals surface area contributed by atoms with Crippen molar-refractivity contribution in [3.05, 3.63) is 28.8 Å². The second-order valence-corrected chi connectivity index (χ2v) is 8.73. The molecule has 21 heavy (non-hydrogen) atoms. The molecule has 2 nitrogen and oxygen atoms in total. The molecule has 1 heterocycles. The van der Waals surface area contributed by atoms with Crippen molar-refractivity contribution >= 4 is 29.1 Å². The van der Waals surface area contributed by atoms with Gasteiger partial charge in [-0.1, -0.05) is 38.4 Å². The number of benzene rings is 1. The van der Waals surface area contributed by atoms with Gasteiger partial charge < -0.3 is 10.6 Å². The molecule has 0 spiro atoms. The second kappa shape index (κ2) is 7.26. The highest BCUT2D eigenvalue weighted by molar-refractivity contribution is 8.00. The van der Waals surface area contributed by atoms with Gasteiger partial charge in [0, 0.05) is 40.3 Å². The van der Waals surface area contributed by atoms with Crippen LogP contribution in [0.1, 0.15) is 39.2 Å². The molecule has 0 amide bonds. The number of hydrogen-bond acceptors (Lipinski definition) is 3. The molecular weight excluding hydrogens is 300 g/mol. The first-order valence-corrected chi connectivity index (χ1v) is 9.20. The van der Waals surface area contributed by atoms with Gasteiger partial charge in [-0.3, -0.25) is 0 Å². The quantitative estimate of drug-likeness (QED) is 0.892. The summed E-state index contributed by atoms with van der Waals surface area (Å²) in [5, 5.41) is 0.815. The molecule has 1 aliphatic heterocycles. The molecule has 4 heteroatoms. The van der Waals surface area contributed by atoms with Crippen LogP contribution < -0.4 is 10.6 Å². The number of nitrogens with two attached hydrogens (primary N) is 1. The van der Waals surface area contributed by atoms with Gasteiger partial charge >= 0.3 is 0 Å². The lowest BCUT2D eigenvalue weighted by Crippen LogP contribution is -2.29. The van der Waals surface area contributed by atoms with Crippen molar-refractivity contribution in [2.75, 3.05) is 23.7 Å². The third-order valence-electron chi connectivity index (χ3n) is 4.23. The standard InChI is InChI=1S/C17H27ClN2S/c1-4-15(19)11-13-5-6-14(18)12-16(13)20-8-7-17(2,3)21-10-9-20/h5-6,12,15H,4,7-11,19H2,1-3H3. The highest BCUT2D eigenvalue weighted by atomic mass is 35.5. The molecule has 0 aromatic heterocycles.